The lowest BCUT2D eigenvalue weighted by atomic mass is 10.1. The van der Waals surface area contributed by atoms with Crippen LogP contribution in [0.15, 0.2) is 0 Å². The van der Waals surface area contributed by atoms with Crippen molar-refractivity contribution in [2.45, 2.75) is 37.4 Å². The van der Waals surface area contributed by atoms with E-state index in [-0.39, 0.29) is 12.6 Å². The van der Waals surface area contributed by atoms with Gasteiger partial charge in [-0.1, -0.05) is 12.8 Å². The third kappa shape index (κ3) is 5.59. The molecule has 18 heavy (non-hydrogen) atoms. The maximum absolute atomic E-state index is 11.0. The number of ether oxygens (including phenoxy) is 2. The fourth-order valence-electron chi connectivity index (χ4n) is 2.29. The molecule has 5 heteroatoms. The summed E-state index contributed by atoms with van der Waals surface area (Å²) in [6.07, 6.45) is 7.52. The van der Waals surface area contributed by atoms with E-state index in [2.05, 4.69) is 11.6 Å². The average Bonchev–Trinajstić information content (AvgIpc) is 2.83. The summed E-state index contributed by atoms with van der Waals surface area (Å²) >= 11 is 1.98. The van der Waals surface area contributed by atoms with Crippen molar-refractivity contribution < 1.29 is 14.3 Å². The summed E-state index contributed by atoms with van der Waals surface area (Å²) in [5.74, 6) is -0.283. The van der Waals surface area contributed by atoms with Crippen molar-refractivity contribution in [3.05, 3.63) is 0 Å². The Morgan fingerprint density at radius 3 is 2.72 bits per heavy atom. The molecule has 0 bridgehead atoms. The minimum atomic E-state index is -0.283. The Morgan fingerprint density at radius 1 is 1.39 bits per heavy atom. The molecule has 0 unspecified atom stereocenters. The monoisotopic (exact) mass is 275 g/mol. The fourth-order valence-corrected chi connectivity index (χ4v) is 3.23. The molecule has 0 atom stereocenters. The topological polar surface area (TPSA) is 47.6 Å². The van der Waals surface area contributed by atoms with Crippen LogP contribution in [-0.2, 0) is 14.3 Å². The van der Waals surface area contributed by atoms with Gasteiger partial charge in [0, 0.05) is 17.8 Å². The van der Waals surface area contributed by atoms with Gasteiger partial charge < -0.3 is 14.8 Å². The van der Waals surface area contributed by atoms with E-state index >= 15 is 0 Å². The van der Waals surface area contributed by atoms with Gasteiger partial charge in [0.25, 0.3) is 0 Å². The first kappa shape index (κ1) is 15.8. The molecule has 0 radical (unpaired) electrons. The molecule has 0 saturated heterocycles. The standard InChI is InChI=1S/C13H25NO3S/c1-3-17-12(15)10-16-9-8-14-11-13(18-2)6-4-5-7-13/h14H,3-11H2,1-2H3. The van der Waals surface area contributed by atoms with Crippen molar-refractivity contribution in [3.63, 3.8) is 0 Å². The van der Waals surface area contributed by atoms with E-state index < -0.39 is 0 Å². The highest BCUT2D eigenvalue weighted by molar-refractivity contribution is 8.00. The molecule has 0 aromatic carbocycles. The zero-order chi connectivity index (χ0) is 13.3. The minimum Gasteiger partial charge on any atom is -0.464 e. The van der Waals surface area contributed by atoms with Gasteiger partial charge in [-0.15, -0.1) is 0 Å². The van der Waals surface area contributed by atoms with Crippen LogP contribution in [0, 0.1) is 0 Å². The number of rotatable bonds is 9. The SMILES string of the molecule is CCOC(=O)COCCNCC1(SC)CCCC1. The largest absolute Gasteiger partial charge is 0.464 e. The molecule has 1 rings (SSSR count). The highest BCUT2D eigenvalue weighted by atomic mass is 32.2. The second kappa shape index (κ2) is 8.77. The molecule has 1 N–H and O–H groups in total. The molecule has 1 aliphatic rings. The third-order valence-corrected chi connectivity index (χ3v) is 4.76. The third-order valence-electron chi connectivity index (χ3n) is 3.34. The molecule has 0 aromatic heterocycles. The van der Waals surface area contributed by atoms with Crippen molar-refractivity contribution in [2.75, 3.05) is 39.2 Å². The fraction of sp³-hybridized carbons (Fsp3) is 0.923. The second-order valence-corrected chi connectivity index (χ2v) is 5.90. The predicted octanol–water partition coefficient (Wildman–Crippen LogP) is 1.83. The molecule has 0 aliphatic heterocycles. The molecular formula is C13H25NO3S. The van der Waals surface area contributed by atoms with Crippen molar-refractivity contribution in [3.8, 4) is 0 Å². The summed E-state index contributed by atoms with van der Waals surface area (Å²) < 4.78 is 10.4. The first-order chi connectivity index (χ1) is 8.72. The van der Waals surface area contributed by atoms with Crippen LogP contribution < -0.4 is 5.32 Å². The summed E-state index contributed by atoms with van der Waals surface area (Å²) in [6.45, 7) is 4.66. The number of esters is 1. The maximum atomic E-state index is 11.0. The summed E-state index contributed by atoms with van der Waals surface area (Å²) in [5.41, 5.74) is 0. The van der Waals surface area contributed by atoms with Gasteiger partial charge in [-0.05, 0) is 26.0 Å². The van der Waals surface area contributed by atoms with Gasteiger partial charge in [0.2, 0.25) is 0 Å². The van der Waals surface area contributed by atoms with Gasteiger partial charge >= 0.3 is 5.97 Å². The number of thioether (sulfide) groups is 1. The van der Waals surface area contributed by atoms with Gasteiger partial charge in [-0.25, -0.2) is 4.79 Å². The normalized spacial score (nSPS) is 17.9. The van der Waals surface area contributed by atoms with Crippen molar-refractivity contribution in [1.29, 1.82) is 0 Å². The highest BCUT2D eigenvalue weighted by Crippen LogP contribution is 2.39. The molecule has 4 nitrogen and oxygen atoms in total. The molecule has 0 heterocycles. The van der Waals surface area contributed by atoms with Crippen molar-refractivity contribution >= 4 is 17.7 Å². The van der Waals surface area contributed by atoms with E-state index in [1.54, 1.807) is 6.92 Å². The van der Waals surface area contributed by atoms with Gasteiger partial charge in [0.15, 0.2) is 0 Å². The van der Waals surface area contributed by atoms with Crippen LogP contribution in [-0.4, -0.2) is 49.9 Å². The van der Waals surface area contributed by atoms with Crippen molar-refractivity contribution in [2.24, 2.45) is 0 Å². The number of hydrogen-bond donors (Lipinski definition) is 1. The Kier molecular flexibility index (Phi) is 7.70. The van der Waals surface area contributed by atoms with Crippen LogP contribution >= 0.6 is 11.8 Å². The molecule has 0 aromatic rings. The van der Waals surface area contributed by atoms with E-state index in [9.17, 15) is 4.79 Å². The Bertz CT molecular complexity index is 242. The lowest BCUT2D eigenvalue weighted by Gasteiger charge is -2.27. The maximum Gasteiger partial charge on any atom is 0.332 e. The Hall–Kier alpha value is -0.260. The molecule has 106 valence electrons. The first-order valence-corrected chi connectivity index (χ1v) is 7.94. The molecule has 1 aliphatic carbocycles. The lowest BCUT2D eigenvalue weighted by molar-refractivity contribution is -0.148. The second-order valence-electron chi connectivity index (χ2n) is 4.63. The van der Waals surface area contributed by atoms with Gasteiger partial charge in [0.1, 0.15) is 6.61 Å². The van der Waals surface area contributed by atoms with Gasteiger partial charge in [-0.3, -0.25) is 0 Å². The van der Waals surface area contributed by atoms with E-state index in [1.165, 1.54) is 25.7 Å². The lowest BCUT2D eigenvalue weighted by Crippen LogP contribution is -2.36. The highest BCUT2D eigenvalue weighted by Gasteiger charge is 2.32. The molecule has 1 fully saturated rings. The van der Waals surface area contributed by atoms with Crippen LogP contribution in [0.5, 0.6) is 0 Å². The Morgan fingerprint density at radius 2 is 2.11 bits per heavy atom. The molecule has 0 spiro atoms. The zero-order valence-corrected chi connectivity index (χ0v) is 12.3. The number of hydrogen-bond acceptors (Lipinski definition) is 5. The quantitative estimate of drug-likeness (QED) is 0.514. The number of nitrogens with one attached hydrogen (secondary N) is 1. The first-order valence-electron chi connectivity index (χ1n) is 6.72. The average molecular weight is 275 g/mol. The number of carbonyl (C=O) groups excluding carboxylic acids is 1. The summed E-state index contributed by atoms with van der Waals surface area (Å²) in [6, 6.07) is 0. The van der Waals surface area contributed by atoms with E-state index in [0.29, 0.717) is 18.0 Å². The zero-order valence-electron chi connectivity index (χ0n) is 11.5. The minimum absolute atomic E-state index is 0.0587. The van der Waals surface area contributed by atoms with Crippen LogP contribution in [0.2, 0.25) is 0 Å². The van der Waals surface area contributed by atoms with Gasteiger partial charge in [0.05, 0.1) is 13.2 Å². The predicted molar refractivity (Wildman–Crippen MR) is 75.0 cm³/mol. The van der Waals surface area contributed by atoms with E-state index in [1.807, 2.05) is 11.8 Å². The van der Waals surface area contributed by atoms with E-state index in [4.69, 9.17) is 9.47 Å². The smallest absolute Gasteiger partial charge is 0.332 e. The van der Waals surface area contributed by atoms with E-state index in [0.717, 1.165) is 13.1 Å². The Labute approximate surface area is 114 Å². The Balaban J connectivity index is 1.99. The summed E-state index contributed by atoms with van der Waals surface area (Å²) in [4.78, 5) is 11.0. The molecular weight excluding hydrogens is 250 g/mol. The van der Waals surface area contributed by atoms with Crippen LogP contribution in [0.3, 0.4) is 0 Å². The van der Waals surface area contributed by atoms with Crippen LogP contribution in [0.4, 0.5) is 0 Å². The molecule has 0 amide bonds. The summed E-state index contributed by atoms with van der Waals surface area (Å²) in [7, 11) is 0. The van der Waals surface area contributed by atoms with Crippen LogP contribution in [0.25, 0.3) is 0 Å². The van der Waals surface area contributed by atoms with Crippen LogP contribution in [0.1, 0.15) is 32.6 Å². The summed E-state index contributed by atoms with van der Waals surface area (Å²) in [5, 5.41) is 3.43. The number of carbonyl (C=O) groups is 1. The van der Waals surface area contributed by atoms with Gasteiger partial charge in [-0.2, -0.15) is 11.8 Å². The molecule has 1 saturated carbocycles. The van der Waals surface area contributed by atoms with Crippen molar-refractivity contribution in [1.82, 2.24) is 5.32 Å².